The van der Waals surface area contributed by atoms with E-state index in [0.717, 1.165) is 51.0 Å². The second kappa shape index (κ2) is 22.8. The van der Waals surface area contributed by atoms with Gasteiger partial charge in [-0.15, -0.1) is 0 Å². The zero-order valence-corrected chi connectivity index (χ0v) is 40.7. The van der Waals surface area contributed by atoms with Gasteiger partial charge >= 0.3 is 78.7 Å². The van der Waals surface area contributed by atoms with Gasteiger partial charge < -0.3 is 0 Å². The molecule has 2 heterocycles. The second-order valence-electron chi connectivity index (χ2n) is 14.5. The van der Waals surface area contributed by atoms with Crippen LogP contribution >= 0.6 is 56.9 Å². The van der Waals surface area contributed by atoms with Gasteiger partial charge in [-0.1, -0.05) is 128 Å². The van der Waals surface area contributed by atoms with Gasteiger partial charge in [0.2, 0.25) is 0 Å². The Morgan fingerprint density at radius 1 is 0.491 bits per heavy atom. The standard InChI is InChI=1S/C45H48N4.4BrH.2Ni/c1-28(2)38-22-32(23-39(29(3)4)44(38)46-26-36-19-17-34-13-9-11-15-42(34)48-36)21-33-24-40(30(5)6)45(41(25-33)31(7)8)47-27-37-20-18-35-14-10-12-16-43(35)49-37;;;;;;/h9-20,22-31H,21H2,1-8H3;4*1H;;/q;;;;;2*+2/p-4. The molecule has 0 N–H and O–H groups in total. The zero-order valence-electron chi connectivity index (χ0n) is 32.3. The number of pyridine rings is 2. The fourth-order valence-corrected chi connectivity index (χ4v) is 6.56. The molecule has 0 bridgehead atoms. The Balaban J connectivity index is 0.00000105. The van der Waals surface area contributed by atoms with E-state index in [0.29, 0.717) is 23.7 Å². The third-order valence-electron chi connectivity index (χ3n) is 9.25. The molecule has 0 saturated carbocycles. The van der Waals surface area contributed by atoms with E-state index >= 15 is 0 Å². The van der Waals surface area contributed by atoms with Crippen LogP contribution in [0.3, 0.4) is 0 Å². The average Bonchev–Trinajstić information content (AvgIpc) is 3.16. The van der Waals surface area contributed by atoms with Crippen LogP contribution in [0.25, 0.3) is 21.8 Å². The SMILES string of the molecule is CC(C)c1cc(Cc2cc(C(C)C)c(N=Cc3ccc4ccccc4n3)c(C(C)C)c2)cc(C(C)C)c1N=Cc1ccc2ccccc2n1.[Br][Ni][Br].[Br][Ni][Br]. The number of aromatic nitrogens is 2. The molecular weight excluding hydrogens is 1030 g/mol. The molecule has 2 aromatic heterocycles. The molecule has 0 spiro atoms. The molecule has 296 valence electrons. The molecule has 4 aromatic carbocycles. The van der Waals surface area contributed by atoms with Crippen molar-refractivity contribution in [2.75, 3.05) is 0 Å². The summed E-state index contributed by atoms with van der Waals surface area (Å²) in [6.07, 6.45) is 4.71. The van der Waals surface area contributed by atoms with E-state index in [4.69, 9.17) is 20.0 Å². The van der Waals surface area contributed by atoms with Crippen LogP contribution in [0.4, 0.5) is 11.4 Å². The van der Waals surface area contributed by atoms with E-state index in [-0.39, 0.29) is 0 Å². The minimum atomic E-state index is 0.326. The van der Waals surface area contributed by atoms with Crippen molar-refractivity contribution in [3.05, 3.63) is 142 Å². The number of hydrogen-bond acceptors (Lipinski definition) is 4. The predicted molar refractivity (Wildman–Crippen MR) is 246 cm³/mol. The number of para-hydroxylation sites is 2. The maximum absolute atomic E-state index is 5.11. The van der Waals surface area contributed by atoms with E-state index in [9.17, 15) is 0 Å². The molecule has 0 aliphatic rings. The first kappa shape index (κ1) is 45.6. The molecule has 0 amide bonds. The van der Waals surface area contributed by atoms with Crippen LogP contribution in [0.2, 0.25) is 0 Å². The van der Waals surface area contributed by atoms with E-state index in [2.05, 4.69) is 185 Å². The Hall–Kier alpha value is -2.05. The van der Waals surface area contributed by atoms with Crippen LogP contribution in [0, 0.1) is 0 Å². The maximum atomic E-state index is 5.11. The Bertz CT molecular complexity index is 2020. The number of nitrogens with zero attached hydrogens (tertiary/aromatic N) is 4. The monoisotopic (exact) mass is 1080 g/mol. The molecule has 0 radical (unpaired) electrons. The summed E-state index contributed by atoms with van der Waals surface area (Å²) in [6.45, 7) is 18.1. The third kappa shape index (κ3) is 13.0. The molecule has 0 atom stereocenters. The number of rotatable bonds is 10. The van der Waals surface area contributed by atoms with Crippen molar-refractivity contribution >= 4 is 103 Å². The van der Waals surface area contributed by atoms with Gasteiger partial charge in [0.25, 0.3) is 0 Å². The molecule has 55 heavy (non-hydrogen) atoms. The van der Waals surface area contributed by atoms with Gasteiger partial charge in [0.15, 0.2) is 0 Å². The van der Waals surface area contributed by atoms with Crippen LogP contribution in [0.15, 0.2) is 107 Å². The van der Waals surface area contributed by atoms with Gasteiger partial charge in [0.1, 0.15) is 0 Å². The van der Waals surface area contributed by atoms with Gasteiger partial charge in [-0.05, 0) is 87.7 Å². The number of hydrogen-bond donors (Lipinski definition) is 0. The first-order chi connectivity index (χ1) is 26.4. The molecule has 0 fully saturated rings. The number of benzene rings is 4. The Morgan fingerprint density at radius 2 is 0.800 bits per heavy atom. The summed E-state index contributed by atoms with van der Waals surface area (Å²) in [5, 5.41) is 2.27. The fraction of sp³-hybridized carbons (Fsp3) is 0.289. The molecule has 0 aliphatic carbocycles. The summed E-state index contributed by atoms with van der Waals surface area (Å²) in [7, 11) is 2.50. The first-order valence-corrected chi connectivity index (χ1v) is 27.9. The molecule has 6 aromatic rings. The Morgan fingerprint density at radius 3 is 1.11 bits per heavy atom. The van der Waals surface area contributed by atoms with Gasteiger partial charge in [-0.3, -0.25) is 9.98 Å². The second-order valence-corrected chi connectivity index (χ2v) is 24.5. The number of halogens is 4. The van der Waals surface area contributed by atoms with Crippen LogP contribution < -0.4 is 0 Å². The normalized spacial score (nSPS) is 11.8. The van der Waals surface area contributed by atoms with Gasteiger partial charge in [0.05, 0.1) is 46.2 Å². The average molecular weight is 1080 g/mol. The van der Waals surface area contributed by atoms with Crippen molar-refractivity contribution in [2.24, 2.45) is 9.98 Å². The van der Waals surface area contributed by atoms with Crippen molar-refractivity contribution in [3.8, 4) is 0 Å². The van der Waals surface area contributed by atoms with Crippen LogP contribution in [0.1, 0.15) is 124 Å². The summed E-state index contributed by atoms with van der Waals surface area (Å²) >= 11 is 12.0. The summed E-state index contributed by atoms with van der Waals surface area (Å²) in [4.78, 5) is 19.9. The van der Waals surface area contributed by atoms with Crippen molar-refractivity contribution in [2.45, 2.75) is 85.5 Å². The van der Waals surface area contributed by atoms with Crippen molar-refractivity contribution in [1.29, 1.82) is 0 Å². The number of fused-ring (bicyclic) bond motifs is 2. The van der Waals surface area contributed by atoms with Gasteiger partial charge in [-0.25, -0.2) is 9.97 Å². The number of aliphatic imine (C=N–C) groups is 2. The van der Waals surface area contributed by atoms with Crippen molar-refractivity contribution in [3.63, 3.8) is 0 Å². The Labute approximate surface area is 368 Å². The van der Waals surface area contributed by atoms with E-state index in [1.165, 1.54) is 55.2 Å². The molecule has 4 nitrogen and oxygen atoms in total. The predicted octanol–water partition coefficient (Wildman–Crippen LogP) is 15.7. The topological polar surface area (TPSA) is 50.5 Å². The molecular formula is C45H48Br4N4Ni2. The molecule has 0 aliphatic heterocycles. The van der Waals surface area contributed by atoms with Gasteiger partial charge in [-0.2, -0.15) is 0 Å². The minimum absolute atomic E-state index is 0.326. The Kier molecular flexibility index (Phi) is 18.9. The summed E-state index contributed by atoms with van der Waals surface area (Å²) in [5.74, 6) is 1.30. The fourth-order valence-electron chi connectivity index (χ4n) is 6.56. The molecule has 6 rings (SSSR count). The first-order valence-electron chi connectivity index (χ1n) is 18.2. The van der Waals surface area contributed by atoms with E-state index < -0.39 is 0 Å². The van der Waals surface area contributed by atoms with E-state index in [1.54, 1.807) is 0 Å². The summed E-state index contributed by atoms with van der Waals surface area (Å²) in [6, 6.07) is 34.3. The van der Waals surface area contributed by atoms with E-state index in [1.807, 2.05) is 36.7 Å². The third-order valence-corrected chi connectivity index (χ3v) is 9.25. The quantitative estimate of drug-likeness (QED) is 0.101. The zero-order chi connectivity index (χ0) is 40.1. The van der Waals surface area contributed by atoms with Crippen molar-refractivity contribution < 1.29 is 21.8 Å². The van der Waals surface area contributed by atoms with Crippen LogP contribution in [-0.4, -0.2) is 22.4 Å². The van der Waals surface area contributed by atoms with Crippen LogP contribution in [0.5, 0.6) is 0 Å². The van der Waals surface area contributed by atoms with Crippen molar-refractivity contribution in [1.82, 2.24) is 9.97 Å². The summed E-state index contributed by atoms with van der Waals surface area (Å²) in [5.41, 5.74) is 13.6. The molecule has 0 saturated heterocycles. The molecule has 0 unspecified atom stereocenters. The summed E-state index contributed by atoms with van der Waals surface area (Å²) < 4.78 is 0. The molecule has 10 heteroatoms. The van der Waals surface area contributed by atoms with Gasteiger partial charge in [0, 0.05) is 10.8 Å². The van der Waals surface area contributed by atoms with Crippen LogP contribution in [-0.2, 0) is 28.2 Å².